The molecule has 0 radical (unpaired) electrons. The Labute approximate surface area is 120 Å². The topological polar surface area (TPSA) is 81.9 Å². The minimum Gasteiger partial charge on any atom is -0.383 e. The summed E-state index contributed by atoms with van der Waals surface area (Å²) < 4.78 is 6.39. The molecular weight excluding hydrogens is 278 g/mol. The molecule has 2 rings (SSSR count). The van der Waals surface area contributed by atoms with Gasteiger partial charge in [0, 0.05) is 13.7 Å². The molecule has 0 aliphatic heterocycles. The number of hydrogen-bond donors (Lipinski definition) is 1. The molecule has 0 aliphatic carbocycles. The molecule has 0 saturated carbocycles. The normalized spacial score (nSPS) is 10.8. The Morgan fingerprint density at radius 3 is 2.95 bits per heavy atom. The van der Waals surface area contributed by atoms with Crippen LogP contribution in [0.15, 0.2) is 10.9 Å². The highest BCUT2D eigenvalue weighted by molar-refractivity contribution is 7.18. The summed E-state index contributed by atoms with van der Waals surface area (Å²) in [4.78, 5) is 12.4. The summed E-state index contributed by atoms with van der Waals surface area (Å²) in [5, 5.41) is 16.7. The van der Waals surface area contributed by atoms with Gasteiger partial charge in [-0.3, -0.25) is 4.79 Å². The molecule has 0 spiro atoms. The van der Waals surface area contributed by atoms with Crippen LogP contribution in [-0.4, -0.2) is 40.2 Å². The number of aryl methyl sites for hydroxylation is 1. The van der Waals surface area contributed by atoms with Crippen molar-refractivity contribution in [3.63, 3.8) is 0 Å². The average molecular weight is 295 g/mol. The molecular formula is C12H17N5O2S. The Morgan fingerprint density at radius 2 is 2.25 bits per heavy atom. The molecule has 0 saturated heterocycles. The van der Waals surface area contributed by atoms with Gasteiger partial charge in [-0.15, -0.1) is 10.2 Å². The summed E-state index contributed by atoms with van der Waals surface area (Å²) >= 11 is 1.36. The predicted octanol–water partition coefficient (Wildman–Crippen LogP) is 1.15. The summed E-state index contributed by atoms with van der Waals surface area (Å²) in [6.45, 7) is 5.45. The van der Waals surface area contributed by atoms with Crippen LogP contribution < -0.4 is 10.9 Å². The van der Waals surface area contributed by atoms with Gasteiger partial charge in [-0.05, 0) is 19.9 Å². The van der Waals surface area contributed by atoms with Crippen molar-refractivity contribution in [2.75, 3.05) is 25.6 Å². The van der Waals surface area contributed by atoms with Crippen molar-refractivity contribution >= 4 is 16.5 Å². The Kier molecular flexibility index (Phi) is 4.80. The standard InChI is InChI=1S/C12H17N5O2S/c1-4-13-12-15-14-10(20-12)9-7-8(2)16-17(11(9)18)5-6-19-3/h7H,4-6H2,1-3H3,(H,13,15). The van der Waals surface area contributed by atoms with E-state index in [2.05, 4.69) is 20.6 Å². The van der Waals surface area contributed by atoms with E-state index in [4.69, 9.17) is 4.74 Å². The fourth-order valence-corrected chi connectivity index (χ4v) is 2.53. The minimum atomic E-state index is -0.174. The first-order chi connectivity index (χ1) is 9.65. The highest BCUT2D eigenvalue weighted by Crippen LogP contribution is 2.23. The molecule has 2 aromatic heterocycles. The number of nitrogens with one attached hydrogen (secondary N) is 1. The Balaban J connectivity index is 2.39. The van der Waals surface area contributed by atoms with Crippen LogP contribution in [-0.2, 0) is 11.3 Å². The van der Waals surface area contributed by atoms with Crippen molar-refractivity contribution < 1.29 is 4.74 Å². The number of anilines is 1. The number of ether oxygens (including phenoxy) is 1. The quantitative estimate of drug-likeness (QED) is 0.861. The Morgan fingerprint density at radius 1 is 1.45 bits per heavy atom. The maximum atomic E-state index is 12.4. The molecule has 0 bridgehead atoms. The summed E-state index contributed by atoms with van der Waals surface area (Å²) in [5.41, 5.74) is 1.11. The van der Waals surface area contributed by atoms with Gasteiger partial charge < -0.3 is 10.1 Å². The molecule has 0 aliphatic rings. The molecule has 108 valence electrons. The van der Waals surface area contributed by atoms with E-state index < -0.39 is 0 Å². The molecule has 2 aromatic rings. The van der Waals surface area contributed by atoms with E-state index in [1.54, 1.807) is 13.2 Å². The third kappa shape index (κ3) is 3.20. The van der Waals surface area contributed by atoms with Crippen molar-refractivity contribution in [1.82, 2.24) is 20.0 Å². The van der Waals surface area contributed by atoms with Gasteiger partial charge >= 0.3 is 0 Å². The molecule has 0 fully saturated rings. The molecule has 2 heterocycles. The molecule has 0 aromatic carbocycles. The van der Waals surface area contributed by atoms with Crippen LogP contribution in [0.25, 0.3) is 10.6 Å². The lowest BCUT2D eigenvalue weighted by atomic mass is 10.3. The zero-order valence-corrected chi connectivity index (χ0v) is 12.5. The second-order valence-corrected chi connectivity index (χ2v) is 5.14. The number of nitrogens with zero attached hydrogens (tertiary/aromatic N) is 4. The van der Waals surface area contributed by atoms with Gasteiger partial charge in [0.1, 0.15) is 0 Å². The maximum absolute atomic E-state index is 12.4. The predicted molar refractivity (Wildman–Crippen MR) is 78.2 cm³/mol. The molecule has 1 N–H and O–H groups in total. The van der Waals surface area contributed by atoms with Gasteiger partial charge in [0.15, 0.2) is 5.01 Å². The lowest BCUT2D eigenvalue weighted by Gasteiger charge is -2.06. The van der Waals surface area contributed by atoms with Crippen LogP contribution in [0.4, 0.5) is 5.13 Å². The SMILES string of the molecule is CCNc1nnc(-c2cc(C)nn(CCOC)c2=O)s1. The number of aromatic nitrogens is 4. The highest BCUT2D eigenvalue weighted by atomic mass is 32.1. The van der Waals surface area contributed by atoms with Crippen molar-refractivity contribution in [3.05, 3.63) is 22.1 Å². The third-order valence-electron chi connectivity index (χ3n) is 2.59. The molecule has 0 atom stereocenters. The molecule has 0 amide bonds. The molecule has 8 heteroatoms. The Hall–Kier alpha value is -1.80. The lowest BCUT2D eigenvalue weighted by molar-refractivity contribution is 0.181. The smallest absolute Gasteiger partial charge is 0.277 e. The van der Waals surface area contributed by atoms with E-state index in [-0.39, 0.29) is 5.56 Å². The lowest BCUT2D eigenvalue weighted by Crippen LogP contribution is -2.26. The van der Waals surface area contributed by atoms with Gasteiger partial charge in [0.05, 0.1) is 24.4 Å². The van der Waals surface area contributed by atoms with Crippen molar-refractivity contribution in [2.45, 2.75) is 20.4 Å². The fraction of sp³-hybridized carbons (Fsp3) is 0.500. The van der Waals surface area contributed by atoms with Crippen LogP contribution in [0.3, 0.4) is 0 Å². The summed E-state index contributed by atoms with van der Waals surface area (Å²) in [6.07, 6.45) is 0. The van der Waals surface area contributed by atoms with E-state index in [1.807, 2.05) is 13.8 Å². The monoisotopic (exact) mass is 295 g/mol. The van der Waals surface area contributed by atoms with Gasteiger partial charge in [-0.25, -0.2) is 4.68 Å². The third-order valence-corrected chi connectivity index (χ3v) is 3.50. The summed E-state index contributed by atoms with van der Waals surface area (Å²) in [6, 6.07) is 1.74. The minimum absolute atomic E-state index is 0.174. The molecule has 0 unspecified atom stereocenters. The van der Waals surface area contributed by atoms with Crippen molar-refractivity contribution in [3.8, 4) is 10.6 Å². The molecule has 7 nitrogen and oxygen atoms in total. The van der Waals surface area contributed by atoms with E-state index in [1.165, 1.54) is 16.0 Å². The van der Waals surface area contributed by atoms with E-state index in [9.17, 15) is 4.79 Å². The van der Waals surface area contributed by atoms with Crippen LogP contribution in [0.1, 0.15) is 12.6 Å². The number of hydrogen-bond acceptors (Lipinski definition) is 7. The zero-order chi connectivity index (χ0) is 14.5. The number of methoxy groups -OCH3 is 1. The molecule has 20 heavy (non-hydrogen) atoms. The highest BCUT2D eigenvalue weighted by Gasteiger charge is 2.13. The maximum Gasteiger partial charge on any atom is 0.277 e. The summed E-state index contributed by atoms with van der Waals surface area (Å²) in [7, 11) is 1.59. The van der Waals surface area contributed by atoms with Gasteiger partial charge in [-0.2, -0.15) is 5.10 Å². The van der Waals surface area contributed by atoms with Crippen LogP contribution >= 0.6 is 11.3 Å². The first-order valence-corrected chi connectivity index (χ1v) is 7.12. The van der Waals surface area contributed by atoms with Crippen LogP contribution in [0.5, 0.6) is 0 Å². The number of rotatable bonds is 6. The zero-order valence-electron chi connectivity index (χ0n) is 11.7. The van der Waals surface area contributed by atoms with Crippen molar-refractivity contribution in [1.29, 1.82) is 0 Å². The van der Waals surface area contributed by atoms with Crippen LogP contribution in [0, 0.1) is 6.92 Å². The largest absolute Gasteiger partial charge is 0.383 e. The van der Waals surface area contributed by atoms with Gasteiger partial charge in [0.2, 0.25) is 5.13 Å². The van der Waals surface area contributed by atoms with Gasteiger partial charge in [0.25, 0.3) is 5.56 Å². The fourth-order valence-electron chi connectivity index (χ4n) is 1.71. The summed E-state index contributed by atoms with van der Waals surface area (Å²) in [5.74, 6) is 0. The average Bonchev–Trinajstić information content (AvgIpc) is 2.88. The van der Waals surface area contributed by atoms with Gasteiger partial charge in [-0.1, -0.05) is 11.3 Å². The Bertz CT molecular complexity index is 637. The van der Waals surface area contributed by atoms with E-state index in [0.29, 0.717) is 28.9 Å². The van der Waals surface area contributed by atoms with E-state index >= 15 is 0 Å². The van der Waals surface area contributed by atoms with Crippen molar-refractivity contribution in [2.24, 2.45) is 0 Å². The van der Waals surface area contributed by atoms with Crippen LogP contribution in [0.2, 0.25) is 0 Å². The second-order valence-electron chi connectivity index (χ2n) is 4.16. The van der Waals surface area contributed by atoms with E-state index in [0.717, 1.165) is 12.2 Å². The first-order valence-electron chi connectivity index (χ1n) is 6.31. The second kappa shape index (κ2) is 6.58. The first kappa shape index (κ1) is 14.6.